The SMILES string of the molecule is CC(C)(C)OC(=O)N[C@@H](CC(=O)NC1(c2cccc(-c3cnc(N4CCCCC4)s3)c2)CCSCC1)Cc1ccccc1F. The molecule has 0 aliphatic carbocycles. The molecule has 1 atom stereocenters. The molecular formula is C34H43FN4O3S2. The van der Waals surface area contributed by atoms with Crippen LogP contribution in [0.15, 0.2) is 54.7 Å². The molecule has 236 valence electrons. The van der Waals surface area contributed by atoms with Crippen LogP contribution in [0.1, 0.15) is 70.4 Å². The minimum absolute atomic E-state index is 0.00377. The van der Waals surface area contributed by atoms with E-state index in [4.69, 9.17) is 9.72 Å². The average molecular weight is 639 g/mol. The number of thiazole rings is 1. The Morgan fingerprint density at radius 2 is 1.82 bits per heavy atom. The Labute approximate surface area is 268 Å². The van der Waals surface area contributed by atoms with Gasteiger partial charge in [0.2, 0.25) is 5.91 Å². The van der Waals surface area contributed by atoms with Gasteiger partial charge in [0.25, 0.3) is 0 Å². The number of benzene rings is 2. The molecule has 3 heterocycles. The molecule has 2 fully saturated rings. The smallest absolute Gasteiger partial charge is 0.407 e. The van der Waals surface area contributed by atoms with Crippen LogP contribution in [0.4, 0.5) is 14.3 Å². The summed E-state index contributed by atoms with van der Waals surface area (Å²) in [6.45, 7) is 7.46. The Kier molecular flexibility index (Phi) is 10.5. The lowest BCUT2D eigenvalue weighted by atomic mass is 9.83. The zero-order chi connectivity index (χ0) is 31.2. The Morgan fingerprint density at radius 3 is 2.55 bits per heavy atom. The van der Waals surface area contributed by atoms with Crippen LogP contribution in [-0.2, 0) is 21.5 Å². The number of amides is 2. The van der Waals surface area contributed by atoms with Crippen molar-refractivity contribution in [3.05, 3.63) is 71.7 Å². The van der Waals surface area contributed by atoms with E-state index >= 15 is 0 Å². The third-order valence-corrected chi connectivity index (χ3v) is 10.2. The highest BCUT2D eigenvalue weighted by molar-refractivity contribution is 7.99. The van der Waals surface area contributed by atoms with Gasteiger partial charge in [0.15, 0.2) is 5.13 Å². The molecule has 2 N–H and O–H groups in total. The minimum atomic E-state index is -0.698. The summed E-state index contributed by atoms with van der Waals surface area (Å²) in [5.41, 5.74) is 1.37. The predicted octanol–water partition coefficient (Wildman–Crippen LogP) is 7.30. The normalized spacial score (nSPS) is 17.5. The van der Waals surface area contributed by atoms with Crippen molar-refractivity contribution in [2.24, 2.45) is 0 Å². The molecule has 0 bridgehead atoms. The number of alkyl carbamates (subject to hydrolysis) is 1. The summed E-state index contributed by atoms with van der Waals surface area (Å²) in [5.74, 6) is 1.30. The first-order chi connectivity index (χ1) is 21.1. The average Bonchev–Trinajstić information content (AvgIpc) is 3.49. The summed E-state index contributed by atoms with van der Waals surface area (Å²) in [7, 11) is 0. The van der Waals surface area contributed by atoms with Crippen molar-refractivity contribution >= 4 is 40.2 Å². The first-order valence-electron chi connectivity index (χ1n) is 15.5. The van der Waals surface area contributed by atoms with E-state index < -0.39 is 23.3 Å². The van der Waals surface area contributed by atoms with Crippen molar-refractivity contribution < 1.29 is 18.7 Å². The third kappa shape index (κ3) is 8.53. The van der Waals surface area contributed by atoms with E-state index in [1.807, 2.05) is 18.0 Å². The lowest BCUT2D eigenvalue weighted by molar-refractivity contribution is -0.123. The number of rotatable bonds is 9. The number of aromatic nitrogens is 1. The van der Waals surface area contributed by atoms with Gasteiger partial charge in [-0.25, -0.2) is 14.2 Å². The van der Waals surface area contributed by atoms with E-state index in [1.54, 1.807) is 50.3 Å². The monoisotopic (exact) mass is 638 g/mol. The molecule has 0 spiro atoms. The first kappa shape index (κ1) is 32.3. The topological polar surface area (TPSA) is 83.6 Å². The number of carbonyl (C=O) groups is 2. The summed E-state index contributed by atoms with van der Waals surface area (Å²) in [4.78, 5) is 34.7. The summed E-state index contributed by atoms with van der Waals surface area (Å²) in [6.07, 6.45) is 6.79. The van der Waals surface area contributed by atoms with Gasteiger partial charge in [-0.1, -0.05) is 47.7 Å². The number of anilines is 1. The summed E-state index contributed by atoms with van der Waals surface area (Å²) < 4.78 is 20.1. The van der Waals surface area contributed by atoms with Crippen molar-refractivity contribution in [3.63, 3.8) is 0 Å². The highest BCUT2D eigenvalue weighted by Crippen LogP contribution is 2.39. The van der Waals surface area contributed by atoms with Crippen LogP contribution in [-0.4, -0.2) is 53.2 Å². The Bertz CT molecular complexity index is 1430. The van der Waals surface area contributed by atoms with Gasteiger partial charge in [0, 0.05) is 31.7 Å². The van der Waals surface area contributed by atoms with E-state index in [0.717, 1.165) is 58.6 Å². The maximum atomic E-state index is 14.6. The van der Waals surface area contributed by atoms with Gasteiger partial charge < -0.3 is 20.3 Å². The van der Waals surface area contributed by atoms with E-state index in [1.165, 1.54) is 25.3 Å². The van der Waals surface area contributed by atoms with Gasteiger partial charge in [0.1, 0.15) is 11.4 Å². The van der Waals surface area contributed by atoms with Crippen molar-refractivity contribution in [3.8, 4) is 10.4 Å². The molecule has 0 unspecified atom stereocenters. The van der Waals surface area contributed by atoms with Crippen LogP contribution >= 0.6 is 23.1 Å². The molecule has 7 nitrogen and oxygen atoms in total. The maximum absolute atomic E-state index is 14.6. The van der Waals surface area contributed by atoms with Gasteiger partial charge in [-0.15, -0.1) is 0 Å². The molecule has 2 aliphatic heterocycles. The zero-order valence-electron chi connectivity index (χ0n) is 25.9. The number of carbonyl (C=O) groups excluding carboxylic acids is 2. The lowest BCUT2D eigenvalue weighted by Gasteiger charge is -2.39. The van der Waals surface area contributed by atoms with Gasteiger partial charge in [-0.05, 0) is 99.6 Å². The number of hydrogen-bond donors (Lipinski definition) is 2. The maximum Gasteiger partial charge on any atom is 0.407 e. The second-order valence-corrected chi connectivity index (χ2v) is 15.0. The van der Waals surface area contributed by atoms with Crippen molar-refractivity contribution in [2.75, 3.05) is 29.5 Å². The molecule has 2 aromatic carbocycles. The minimum Gasteiger partial charge on any atom is -0.444 e. The molecule has 1 aromatic heterocycles. The number of piperidine rings is 1. The van der Waals surface area contributed by atoms with Crippen LogP contribution in [0.2, 0.25) is 0 Å². The number of ether oxygens (including phenoxy) is 1. The fraction of sp³-hybridized carbons (Fsp3) is 0.500. The van der Waals surface area contributed by atoms with E-state index in [-0.39, 0.29) is 24.6 Å². The van der Waals surface area contributed by atoms with Gasteiger partial charge in [-0.2, -0.15) is 11.8 Å². The van der Waals surface area contributed by atoms with Crippen molar-refractivity contribution in [2.45, 2.75) is 82.9 Å². The molecule has 0 radical (unpaired) electrons. The predicted molar refractivity (Wildman–Crippen MR) is 178 cm³/mol. The summed E-state index contributed by atoms with van der Waals surface area (Å²) >= 11 is 3.61. The van der Waals surface area contributed by atoms with E-state index in [0.29, 0.717) is 5.56 Å². The van der Waals surface area contributed by atoms with Gasteiger partial charge in [0.05, 0.1) is 10.4 Å². The highest BCUT2D eigenvalue weighted by Gasteiger charge is 2.37. The summed E-state index contributed by atoms with van der Waals surface area (Å²) in [6, 6.07) is 14.3. The molecule has 2 aliphatic rings. The number of nitrogens with zero attached hydrogens (tertiary/aromatic N) is 2. The van der Waals surface area contributed by atoms with Crippen LogP contribution in [0, 0.1) is 5.82 Å². The van der Waals surface area contributed by atoms with E-state index in [9.17, 15) is 14.0 Å². The fourth-order valence-corrected chi connectivity index (χ4v) is 8.08. The van der Waals surface area contributed by atoms with Gasteiger partial charge >= 0.3 is 6.09 Å². The van der Waals surface area contributed by atoms with Gasteiger partial charge in [-0.3, -0.25) is 4.79 Å². The quantitative estimate of drug-likeness (QED) is 0.256. The standard InChI is InChI=1S/C34H43FN4O3S2/c1-33(2,3)42-32(41)37-27(21-24-10-5-6-13-28(24)35)22-30(40)38-34(14-18-43-19-15-34)26-12-9-11-25(20-26)29-23-36-31(44-29)39-16-7-4-8-17-39/h5-6,9-13,20,23,27H,4,7-8,14-19,21-22H2,1-3H3,(H,37,41)(H,38,40)/t27-/m1/s1. The van der Waals surface area contributed by atoms with Crippen LogP contribution in [0.5, 0.6) is 0 Å². The Hall–Kier alpha value is -3.11. The van der Waals surface area contributed by atoms with Crippen molar-refractivity contribution in [1.82, 2.24) is 15.6 Å². The Morgan fingerprint density at radius 1 is 1.07 bits per heavy atom. The van der Waals surface area contributed by atoms with Crippen LogP contribution in [0.25, 0.3) is 10.4 Å². The number of nitrogens with one attached hydrogen (secondary N) is 2. The van der Waals surface area contributed by atoms with Crippen LogP contribution in [0.3, 0.4) is 0 Å². The van der Waals surface area contributed by atoms with Crippen LogP contribution < -0.4 is 15.5 Å². The molecule has 44 heavy (non-hydrogen) atoms. The molecule has 3 aromatic rings. The first-order valence-corrected chi connectivity index (χ1v) is 17.5. The number of hydrogen-bond acceptors (Lipinski definition) is 7. The number of halogens is 1. The highest BCUT2D eigenvalue weighted by atomic mass is 32.2. The largest absolute Gasteiger partial charge is 0.444 e. The van der Waals surface area contributed by atoms with Crippen molar-refractivity contribution in [1.29, 1.82) is 0 Å². The molecule has 2 saturated heterocycles. The lowest BCUT2D eigenvalue weighted by Crippen LogP contribution is -2.50. The molecule has 2 amide bonds. The Balaban J connectivity index is 1.35. The number of thioether (sulfide) groups is 1. The molecular weight excluding hydrogens is 596 g/mol. The van der Waals surface area contributed by atoms with E-state index in [2.05, 4.69) is 39.8 Å². The molecule has 10 heteroatoms. The zero-order valence-corrected chi connectivity index (χ0v) is 27.5. The molecule has 0 saturated carbocycles. The third-order valence-electron chi connectivity index (χ3n) is 8.12. The second kappa shape index (κ2) is 14.3. The summed E-state index contributed by atoms with van der Waals surface area (Å²) in [5, 5.41) is 7.28. The second-order valence-electron chi connectivity index (χ2n) is 12.7. The molecule has 5 rings (SSSR count). The fourth-order valence-electron chi connectivity index (χ4n) is 5.93.